The van der Waals surface area contributed by atoms with Crippen LogP contribution < -0.4 is 4.74 Å². The van der Waals surface area contributed by atoms with Crippen LogP contribution in [0.15, 0.2) is 54.6 Å². The van der Waals surface area contributed by atoms with Crippen molar-refractivity contribution in [3.63, 3.8) is 0 Å². The molecule has 0 radical (unpaired) electrons. The van der Waals surface area contributed by atoms with E-state index in [2.05, 4.69) is 0 Å². The Kier molecular flexibility index (Phi) is 5.35. The van der Waals surface area contributed by atoms with E-state index in [1.807, 2.05) is 30.3 Å². The number of ether oxygens (including phenoxy) is 1. The van der Waals surface area contributed by atoms with Crippen LogP contribution in [-0.4, -0.2) is 46.5 Å². The van der Waals surface area contributed by atoms with Gasteiger partial charge in [-0.2, -0.15) is 0 Å². The largest absolute Gasteiger partial charge is 0.484 e. The number of non-ortho nitro benzene ring substituents is 1. The van der Waals surface area contributed by atoms with Crippen molar-refractivity contribution in [3.8, 4) is 5.75 Å². The Labute approximate surface area is 155 Å². The molecule has 1 aliphatic rings. The molecule has 2 aromatic carbocycles. The van der Waals surface area contributed by atoms with E-state index in [9.17, 15) is 24.8 Å². The van der Waals surface area contributed by atoms with Gasteiger partial charge in [-0.1, -0.05) is 36.4 Å². The van der Waals surface area contributed by atoms with E-state index in [-0.39, 0.29) is 43.0 Å². The first kappa shape index (κ1) is 18.4. The van der Waals surface area contributed by atoms with Crippen LogP contribution in [0.5, 0.6) is 5.75 Å². The highest BCUT2D eigenvalue weighted by Gasteiger charge is 2.40. The van der Waals surface area contributed by atoms with Gasteiger partial charge in [0.05, 0.1) is 16.9 Å². The lowest BCUT2D eigenvalue weighted by Gasteiger charge is -2.17. The number of aliphatic carboxylic acids is 1. The molecule has 1 aliphatic heterocycles. The maximum absolute atomic E-state index is 12.5. The summed E-state index contributed by atoms with van der Waals surface area (Å²) in [6, 6.07) is 14.8. The molecule has 2 atom stereocenters. The van der Waals surface area contributed by atoms with Crippen LogP contribution in [0.2, 0.25) is 0 Å². The normalized spacial score (nSPS) is 18.9. The van der Waals surface area contributed by atoms with E-state index >= 15 is 0 Å². The number of nitro groups is 1. The lowest BCUT2D eigenvalue weighted by atomic mass is 9.89. The van der Waals surface area contributed by atoms with Gasteiger partial charge in [0.25, 0.3) is 11.6 Å². The van der Waals surface area contributed by atoms with Gasteiger partial charge in [0.15, 0.2) is 6.61 Å². The standard InChI is InChI=1S/C19H18N2O6/c22-18(12-27-15-8-4-7-14(9-15)21(25)26)20-10-16(17(11-20)19(23)24)13-5-2-1-3-6-13/h1-9,16-17H,10-12H2,(H,23,24). The van der Waals surface area contributed by atoms with E-state index in [1.165, 1.54) is 29.2 Å². The van der Waals surface area contributed by atoms with E-state index in [1.54, 1.807) is 0 Å². The molecule has 1 amide bonds. The number of amides is 1. The van der Waals surface area contributed by atoms with Crippen LogP contribution in [0.4, 0.5) is 5.69 Å². The molecule has 1 saturated heterocycles. The van der Waals surface area contributed by atoms with Crippen LogP contribution in [0, 0.1) is 16.0 Å². The molecule has 0 bridgehead atoms. The highest BCUT2D eigenvalue weighted by Crippen LogP contribution is 2.33. The number of benzene rings is 2. The Balaban J connectivity index is 1.66. The summed E-state index contributed by atoms with van der Waals surface area (Å²) in [5, 5.41) is 20.3. The molecule has 8 nitrogen and oxygen atoms in total. The number of carboxylic acid groups (broad SMARTS) is 1. The van der Waals surface area contributed by atoms with Gasteiger partial charge < -0.3 is 14.7 Å². The van der Waals surface area contributed by atoms with Gasteiger partial charge in [-0.3, -0.25) is 19.7 Å². The van der Waals surface area contributed by atoms with Crippen molar-refractivity contribution in [3.05, 3.63) is 70.3 Å². The molecule has 1 N–H and O–H groups in total. The summed E-state index contributed by atoms with van der Waals surface area (Å²) in [4.78, 5) is 35.8. The number of carbonyl (C=O) groups excluding carboxylic acids is 1. The third kappa shape index (κ3) is 4.22. The quantitative estimate of drug-likeness (QED) is 0.617. The predicted molar refractivity (Wildman–Crippen MR) is 95.5 cm³/mol. The summed E-state index contributed by atoms with van der Waals surface area (Å²) in [5.74, 6) is -2.06. The Bertz CT molecular complexity index is 854. The number of hydrogen-bond donors (Lipinski definition) is 1. The second-order valence-corrected chi connectivity index (χ2v) is 6.30. The minimum absolute atomic E-state index is 0.103. The number of carboxylic acids is 1. The van der Waals surface area contributed by atoms with Crippen LogP contribution in [0.25, 0.3) is 0 Å². The topological polar surface area (TPSA) is 110 Å². The first-order valence-corrected chi connectivity index (χ1v) is 8.38. The highest BCUT2D eigenvalue weighted by molar-refractivity contribution is 5.80. The molecule has 27 heavy (non-hydrogen) atoms. The molecule has 0 saturated carbocycles. The molecule has 8 heteroatoms. The van der Waals surface area contributed by atoms with Gasteiger partial charge in [-0.15, -0.1) is 0 Å². The molecule has 1 heterocycles. The first-order chi connectivity index (χ1) is 13.0. The monoisotopic (exact) mass is 370 g/mol. The minimum Gasteiger partial charge on any atom is -0.484 e. The molecule has 0 spiro atoms. The van der Waals surface area contributed by atoms with Gasteiger partial charge in [-0.05, 0) is 11.6 Å². The average Bonchev–Trinajstić information content (AvgIpc) is 3.13. The van der Waals surface area contributed by atoms with Gasteiger partial charge in [0.1, 0.15) is 5.75 Å². The Morgan fingerprint density at radius 3 is 2.56 bits per heavy atom. The molecule has 0 aliphatic carbocycles. The van der Waals surface area contributed by atoms with E-state index < -0.39 is 16.8 Å². The fourth-order valence-corrected chi connectivity index (χ4v) is 3.22. The molecule has 2 aromatic rings. The van der Waals surface area contributed by atoms with Crippen molar-refractivity contribution < 1.29 is 24.4 Å². The fourth-order valence-electron chi connectivity index (χ4n) is 3.22. The molecule has 0 aromatic heterocycles. The third-order valence-corrected chi connectivity index (χ3v) is 4.61. The maximum Gasteiger partial charge on any atom is 0.308 e. The van der Waals surface area contributed by atoms with Crippen molar-refractivity contribution in [1.82, 2.24) is 4.90 Å². The average molecular weight is 370 g/mol. The third-order valence-electron chi connectivity index (χ3n) is 4.61. The lowest BCUT2D eigenvalue weighted by Crippen LogP contribution is -2.33. The summed E-state index contributed by atoms with van der Waals surface area (Å²) in [6.07, 6.45) is 0. The Hall–Kier alpha value is -3.42. The van der Waals surface area contributed by atoms with Crippen molar-refractivity contribution >= 4 is 17.6 Å². The van der Waals surface area contributed by atoms with Crippen LogP contribution in [-0.2, 0) is 9.59 Å². The first-order valence-electron chi connectivity index (χ1n) is 8.38. The van der Waals surface area contributed by atoms with Crippen molar-refractivity contribution in [2.75, 3.05) is 19.7 Å². The SMILES string of the molecule is O=C(O)C1CN(C(=O)COc2cccc([N+](=O)[O-])c2)CC1c1ccccc1. The van der Waals surface area contributed by atoms with Gasteiger partial charge >= 0.3 is 5.97 Å². The number of carbonyl (C=O) groups is 2. The van der Waals surface area contributed by atoms with Gasteiger partial charge in [0.2, 0.25) is 0 Å². The van der Waals surface area contributed by atoms with Gasteiger partial charge in [0, 0.05) is 25.1 Å². The highest BCUT2D eigenvalue weighted by atomic mass is 16.6. The number of rotatable bonds is 6. The second-order valence-electron chi connectivity index (χ2n) is 6.30. The van der Waals surface area contributed by atoms with Crippen LogP contribution >= 0.6 is 0 Å². The summed E-state index contributed by atoms with van der Waals surface area (Å²) in [5.41, 5.74) is 0.746. The Morgan fingerprint density at radius 2 is 1.89 bits per heavy atom. The fraction of sp³-hybridized carbons (Fsp3) is 0.263. The number of nitrogens with zero attached hydrogens (tertiary/aromatic N) is 2. The summed E-state index contributed by atoms with van der Waals surface area (Å²) < 4.78 is 5.36. The number of hydrogen-bond acceptors (Lipinski definition) is 5. The van der Waals surface area contributed by atoms with Crippen molar-refractivity contribution in [2.24, 2.45) is 5.92 Å². The summed E-state index contributed by atoms with van der Waals surface area (Å²) >= 11 is 0. The zero-order chi connectivity index (χ0) is 19.4. The zero-order valence-corrected chi connectivity index (χ0v) is 14.4. The molecule has 1 fully saturated rings. The lowest BCUT2D eigenvalue weighted by molar-refractivity contribution is -0.384. The summed E-state index contributed by atoms with van der Waals surface area (Å²) in [7, 11) is 0. The van der Waals surface area contributed by atoms with Crippen molar-refractivity contribution in [1.29, 1.82) is 0 Å². The predicted octanol–water partition coefficient (Wildman–Crippen LogP) is 2.30. The smallest absolute Gasteiger partial charge is 0.308 e. The number of likely N-dealkylation sites (tertiary alicyclic amines) is 1. The van der Waals surface area contributed by atoms with E-state index in [4.69, 9.17) is 4.74 Å². The van der Waals surface area contributed by atoms with Crippen molar-refractivity contribution in [2.45, 2.75) is 5.92 Å². The minimum atomic E-state index is -0.946. The van der Waals surface area contributed by atoms with Gasteiger partial charge in [-0.25, -0.2) is 0 Å². The Morgan fingerprint density at radius 1 is 1.15 bits per heavy atom. The molecular formula is C19H18N2O6. The van der Waals surface area contributed by atoms with Crippen LogP contribution in [0.3, 0.4) is 0 Å². The maximum atomic E-state index is 12.5. The molecule has 2 unspecified atom stereocenters. The zero-order valence-electron chi connectivity index (χ0n) is 14.4. The van der Waals surface area contributed by atoms with Crippen LogP contribution in [0.1, 0.15) is 11.5 Å². The summed E-state index contributed by atoms with van der Waals surface area (Å²) in [6.45, 7) is 0.0825. The second kappa shape index (κ2) is 7.86. The molecule has 140 valence electrons. The number of nitro benzene ring substituents is 1. The molecular weight excluding hydrogens is 352 g/mol. The van der Waals surface area contributed by atoms with E-state index in [0.29, 0.717) is 0 Å². The molecule has 3 rings (SSSR count). The van der Waals surface area contributed by atoms with E-state index in [0.717, 1.165) is 5.56 Å².